The van der Waals surface area contributed by atoms with Crippen LogP contribution in [0, 0.1) is 0 Å². The van der Waals surface area contributed by atoms with Crippen LogP contribution in [-0.2, 0) is 4.79 Å². The molecule has 0 aliphatic heterocycles. The van der Waals surface area contributed by atoms with E-state index in [1.807, 2.05) is 6.08 Å². The van der Waals surface area contributed by atoms with Gasteiger partial charge in [-0.25, -0.2) is 0 Å². The number of carbonyl (C=O) groups excluding carboxylic acids is 1. The molecule has 0 saturated carbocycles. The molecule has 0 aromatic heterocycles. The largest absolute Gasteiger partial charge is 0.394 e. The Morgan fingerprint density at radius 1 is 0.852 bits per heavy atom. The van der Waals surface area contributed by atoms with E-state index >= 15 is 0 Å². The third-order valence-electron chi connectivity index (χ3n) is 5.02. The normalized spacial score (nSPS) is 13.8. The van der Waals surface area contributed by atoms with Gasteiger partial charge in [-0.05, 0) is 19.3 Å². The molecule has 0 radical (unpaired) electrons. The van der Waals surface area contributed by atoms with Crippen molar-refractivity contribution in [3.63, 3.8) is 0 Å². The summed E-state index contributed by atoms with van der Waals surface area (Å²) in [4.78, 5) is 11.9. The maximum Gasteiger partial charge on any atom is 0.220 e. The van der Waals surface area contributed by atoms with E-state index in [1.165, 1.54) is 57.8 Å². The first-order valence-electron chi connectivity index (χ1n) is 11.4. The van der Waals surface area contributed by atoms with Gasteiger partial charge in [-0.1, -0.05) is 96.6 Å². The van der Waals surface area contributed by atoms with E-state index in [-0.39, 0.29) is 12.5 Å². The number of rotatable bonds is 19. The van der Waals surface area contributed by atoms with Crippen molar-refractivity contribution in [2.24, 2.45) is 0 Å². The summed E-state index contributed by atoms with van der Waals surface area (Å²) in [7, 11) is 0. The van der Waals surface area contributed by atoms with Gasteiger partial charge < -0.3 is 15.5 Å². The van der Waals surface area contributed by atoms with Crippen molar-refractivity contribution in [1.29, 1.82) is 0 Å². The molecule has 0 aromatic rings. The fourth-order valence-electron chi connectivity index (χ4n) is 3.17. The molecular weight excluding hydrogens is 338 g/mol. The molecule has 2 unspecified atom stereocenters. The van der Waals surface area contributed by atoms with E-state index in [0.29, 0.717) is 6.42 Å². The van der Waals surface area contributed by atoms with Crippen LogP contribution in [0.25, 0.3) is 0 Å². The number of aliphatic hydroxyl groups is 2. The summed E-state index contributed by atoms with van der Waals surface area (Å²) >= 11 is 0. The number of allylic oxidation sites excluding steroid dienone is 1. The maximum atomic E-state index is 11.9. The van der Waals surface area contributed by atoms with Crippen LogP contribution >= 0.6 is 0 Å². The predicted molar refractivity (Wildman–Crippen MR) is 115 cm³/mol. The van der Waals surface area contributed by atoms with Crippen molar-refractivity contribution in [2.75, 3.05) is 6.61 Å². The minimum Gasteiger partial charge on any atom is -0.394 e. The summed E-state index contributed by atoms with van der Waals surface area (Å²) in [6, 6.07) is -0.608. The topological polar surface area (TPSA) is 69.6 Å². The zero-order valence-electron chi connectivity index (χ0n) is 17.9. The van der Waals surface area contributed by atoms with Gasteiger partial charge in [0.25, 0.3) is 0 Å². The average Bonchev–Trinajstić information content (AvgIpc) is 2.67. The van der Waals surface area contributed by atoms with Crippen molar-refractivity contribution in [1.82, 2.24) is 5.32 Å². The van der Waals surface area contributed by atoms with Gasteiger partial charge in [0.1, 0.15) is 0 Å². The molecule has 0 fully saturated rings. The lowest BCUT2D eigenvalue weighted by Gasteiger charge is -2.20. The number of hydrogen-bond acceptors (Lipinski definition) is 3. The Morgan fingerprint density at radius 2 is 1.37 bits per heavy atom. The lowest BCUT2D eigenvalue weighted by Crippen LogP contribution is -2.45. The molecule has 0 heterocycles. The zero-order valence-corrected chi connectivity index (χ0v) is 17.9. The molecule has 4 heteroatoms. The number of amides is 1. The molecule has 160 valence electrons. The van der Waals surface area contributed by atoms with E-state index in [0.717, 1.165) is 32.1 Å². The number of hydrogen-bond donors (Lipinski definition) is 3. The standard InChI is InChI=1S/C23H45NO3/c1-3-5-7-9-10-11-12-13-15-16-18-22(26)21(20-25)24-23(27)19-17-14-8-6-4-2/h16,18,21-22,25-26H,3-15,17,19-20H2,1-2H3,(H,24,27)/b18-16+. The quantitative estimate of drug-likeness (QED) is 0.210. The summed E-state index contributed by atoms with van der Waals surface area (Å²) in [5.41, 5.74) is 0. The fraction of sp³-hybridized carbons (Fsp3) is 0.870. The summed E-state index contributed by atoms with van der Waals surface area (Å²) < 4.78 is 0. The van der Waals surface area contributed by atoms with Crippen molar-refractivity contribution in [3.8, 4) is 0 Å². The average molecular weight is 384 g/mol. The molecule has 2 atom stereocenters. The minimum absolute atomic E-state index is 0.0823. The van der Waals surface area contributed by atoms with Crippen LogP contribution in [-0.4, -0.2) is 34.9 Å². The molecule has 0 saturated heterocycles. The van der Waals surface area contributed by atoms with Gasteiger partial charge >= 0.3 is 0 Å². The fourth-order valence-corrected chi connectivity index (χ4v) is 3.17. The molecular formula is C23H45NO3. The highest BCUT2D eigenvalue weighted by molar-refractivity contribution is 5.76. The second-order valence-corrected chi connectivity index (χ2v) is 7.70. The lowest BCUT2D eigenvalue weighted by atomic mass is 10.1. The first-order chi connectivity index (χ1) is 13.2. The summed E-state index contributed by atoms with van der Waals surface area (Å²) in [6.07, 6.45) is 20.1. The first kappa shape index (κ1) is 26.1. The van der Waals surface area contributed by atoms with Crippen LogP contribution in [0.3, 0.4) is 0 Å². The highest BCUT2D eigenvalue weighted by atomic mass is 16.3. The molecule has 3 N–H and O–H groups in total. The molecule has 27 heavy (non-hydrogen) atoms. The zero-order chi connectivity index (χ0) is 20.2. The predicted octanol–water partition coefficient (Wildman–Crippen LogP) is 5.27. The minimum atomic E-state index is -0.826. The van der Waals surface area contributed by atoms with E-state index in [1.54, 1.807) is 6.08 Å². The second kappa shape index (κ2) is 19.9. The van der Waals surface area contributed by atoms with E-state index in [2.05, 4.69) is 19.2 Å². The Labute approximate surface area is 167 Å². The SMILES string of the molecule is CCCCCCCCCC/C=C/C(O)C(CO)NC(=O)CCCCCCC. The summed E-state index contributed by atoms with van der Waals surface area (Å²) in [5, 5.41) is 22.4. The second-order valence-electron chi connectivity index (χ2n) is 7.70. The van der Waals surface area contributed by atoms with Gasteiger partial charge in [0.2, 0.25) is 5.91 Å². The molecule has 0 aromatic carbocycles. The molecule has 0 spiro atoms. The molecule has 1 amide bonds. The van der Waals surface area contributed by atoms with Crippen LogP contribution in [0.4, 0.5) is 0 Å². The smallest absolute Gasteiger partial charge is 0.220 e. The third kappa shape index (κ3) is 17.0. The molecule has 0 aliphatic rings. The van der Waals surface area contributed by atoms with E-state index in [4.69, 9.17) is 0 Å². The van der Waals surface area contributed by atoms with Gasteiger partial charge in [-0.3, -0.25) is 4.79 Å². The number of aliphatic hydroxyl groups excluding tert-OH is 2. The van der Waals surface area contributed by atoms with Crippen LogP contribution in [0.15, 0.2) is 12.2 Å². The number of nitrogens with one attached hydrogen (secondary N) is 1. The Morgan fingerprint density at radius 3 is 1.93 bits per heavy atom. The van der Waals surface area contributed by atoms with Gasteiger partial charge in [-0.15, -0.1) is 0 Å². The molecule has 0 bridgehead atoms. The molecule has 0 aliphatic carbocycles. The van der Waals surface area contributed by atoms with Gasteiger partial charge in [0, 0.05) is 6.42 Å². The Bertz CT molecular complexity index is 358. The van der Waals surface area contributed by atoms with Crippen LogP contribution in [0.5, 0.6) is 0 Å². The molecule has 4 nitrogen and oxygen atoms in total. The number of carbonyl (C=O) groups is 1. The number of unbranched alkanes of at least 4 members (excludes halogenated alkanes) is 12. The highest BCUT2D eigenvalue weighted by Gasteiger charge is 2.17. The Balaban J connectivity index is 3.79. The van der Waals surface area contributed by atoms with E-state index in [9.17, 15) is 15.0 Å². The van der Waals surface area contributed by atoms with Gasteiger partial charge in [0.15, 0.2) is 0 Å². The van der Waals surface area contributed by atoms with Gasteiger partial charge in [-0.2, -0.15) is 0 Å². The third-order valence-corrected chi connectivity index (χ3v) is 5.02. The van der Waals surface area contributed by atoms with Crippen LogP contribution < -0.4 is 5.32 Å². The van der Waals surface area contributed by atoms with Crippen LogP contribution in [0.1, 0.15) is 110 Å². The van der Waals surface area contributed by atoms with Gasteiger partial charge in [0.05, 0.1) is 18.8 Å². The molecule has 0 rings (SSSR count). The Hall–Kier alpha value is -0.870. The monoisotopic (exact) mass is 383 g/mol. The van der Waals surface area contributed by atoms with Crippen molar-refractivity contribution in [3.05, 3.63) is 12.2 Å². The van der Waals surface area contributed by atoms with E-state index < -0.39 is 12.1 Å². The van der Waals surface area contributed by atoms with Crippen molar-refractivity contribution >= 4 is 5.91 Å². The lowest BCUT2D eigenvalue weighted by molar-refractivity contribution is -0.123. The summed E-state index contributed by atoms with van der Waals surface area (Å²) in [5.74, 6) is -0.0823. The Kier molecular flexibility index (Phi) is 19.2. The van der Waals surface area contributed by atoms with Crippen LogP contribution in [0.2, 0.25) is 0 Å². The van der Waals surface area contributed by atoms with Crippen molar-refractivity contribution < 1.29 is 15.0 Å². The first-order valence-corrected chi connectivity index (χ1v) is 11.4. The summed E-state index contributed by atoms with van der Waals surface area (Å²) in [6.45, 7) is 4.16. The maximum absolute atomic E-state index is 11.9. The van der Waals surface area contributed by atoms with Crippen molar-refractivity contribution in [2.45, 2.75) is 122 Å². The highest BCUT2D eigenvalue weighted by Crippen LogP contribution is 2.10.